The Balaban J connectivity index is 1.31. The van der Waals surface area contributed by atoms with Gasteiger partial charge in [0.15, 0.2) is 5.82 Å². The van der Waals surface area contributed by atoms with Crippen LogP contribution in [0.25, 0.3) is 11.3 Å². The molecule has 1 aliphatic rings. The SMILES string of the molecule is COc1ccc(CN(C)C(=O)N2CC[C@@H](CS(=O)(=O)NNC(=O)c3cc(-c4cn(C)cn4)cc(Cl)c3F)C2)cc1. The van der Waals surface area contributed by atoms with Crippen molar-refractivity contribution >= 4 is 33.6 Å². The summed E-state index contributed by atoms with van der Waals surface area (Å²) in [6.45, 7) is 1.04. The smallest absolute Gasteiger partial charge is 0.320 e. The van der Waals surface area contributed by atoms with E-state index in [2.05, 4.69) is 10.4 Å². The van der Waals surface area contributed by atoms with Crippen molar-refractivity contribution in [3.05, 3.63) is 70.9 Å². The van der Waals surface area contributed by atoms with Crippen molar-refractivity contribution < 1.29 is 27.1 Å². The number of carbonyl (C=O) groups is 2. The Bertz CT molecular complexity index is 1500. The number of imidazole rings is 1. The molecule has 2 aromatic carbocycles. The van der Waals surface area contributed by atoms with Gasteiger partial charge in [0.2, 0.25) is 10.0 Å². The van der Waals surface area contributed by atoms with E-state index in [-0.39, 0.29) is 29.3 Å². The van der Waals surface area contributed by atoms with Crippen LogP contribution < -0.4 is 15.0 Å². The van der Waals surface area contributed by atoms with E-state index in [1.807, 2.05) is 29.1 Å². The first-order valence-corrected chi connectivity index (χ1v) is 14.4. The predicted molar refractivity (Wildman–Crippen MR) is 148 cm³/mol. The molecule has 1 saturated heterocycles. The number of hydrogen-bond acceptors (Lipinski definition) is 6. The number of ether oxygens (including phenoxy) is 1. The summed E-state index contributed by atoms with van der Waals surface area (Å²) in [4.78, 5) is 34.9. The highest BCUT2D eigenvalue weighted by Crippen LogP contribution is 2.27. The van der Waals surface area contributed by atoms with Gasteiger partial charge in [-0.1, -0.05) is 23.7 Å². The van der Waals surface area contributed by atoms with E-state index in [0.717, 1.165) is 11.3 Å². The number of hydrazine groups is 1. The molecule has 1 aliphatic heterocycles. The van der Waals surface area contributed by atoms with E-state index >= 15 is 0 Å². The van der Waals surface area contributed by atoms with Gasteiger partial charge in [0.05, 0.1) is 35.5 Å². The lowest BCUT2D eigenvalue weighted by Crippen LogP contribution is -2.44. The molecule has 2 N–H and O–H groups in total. The maximum absolute atomic E-state index is 14.6. The molecule has 0 aliphatic carbocycles. The summed E-state index contributed by atoms with van der Waals surface area (Å²) in [5, 5.41) is -0.302. The van der Waals surface area contributed by atoms with E-state index in [4.69, 9.17) is 16.3 Å². The van der Waals surface area contributed by atoms with Crippen LogP contribution in [0, 0.1) is 11.7 Å². The van der Waals surface area contributed by atoms with Gasteiger partial charge in [0.1, 0.15) is 5.75 Å². The third kappa shape index (κ3) is 7.09. The van der Waals surface area contributed by atoms with E-state index in [1.165, 1.54) is 18.5 Å². The number of halogens is 2. The van der Waals surface area contributed by atoms with Crippen molar-refractivity contribution in [2.75, 3.05) is 33.0 Å². The molecule has 214 valence electrons. The van der Waals surface area contributed by atoms with E-state index in [0.29, 0.717) is 30.8 Å². The van der Waals surface area contributed by atoms with E-state index in [9.17, 15) is 22.4 Å². The summed E-state index contributed by atoms with van der Waals surface area (Å²) < 4.78 is 46.8. The normalized spacial score (nSPS) is 15.2. The number of urea groups is 1. The first-order chi connectivity index (χ1) is 19.0. The third-order valence-corrected chi connectivity index (χ3v) is 8.11. The minimum absolute atomic E-state index is 0.211. The number of amides is 3. The van der Waals surface area contributed by atoms with Gasteiger partial charge in [-0.15, -0.1) is 4.83 Å². The fraction of sp³-hybridized carbons (Fsp3) is 0.346. The number of benzene rings is 2. The van der Waals surface area contributed by atoms with Gasteiger partial charge in [0, 0.05) is 45.5 Å². The fourth-order valence-electron chi connectivity index (χ4n) is 4.46. The quantitative estimate of drug-likeness (QED) is 0.368. The highest BCUT2D eigenvalue weighted by Gasteiger charge is 2.31. The molecule has 14 heteroatoms. The summed E-state index contributed by atoms with van der Waals surface area (Å²) in [5.74, 6) is -1.94. The standard InChI is InChI=1S/C26H30ClFN6O5S/c1-32-14-23(29-16-32)19-10-21(24(28)22(27)11-19)25(35)30-31-40(37,38)15-18-8-9-34(13-18)26(36)33(2)12-17-4-6-20(39-3)7-5-17/h4-7,10-11,14,16,18,31H,8-9,12-13,15H2,1-3H3,(H,30,35)/t18-/m1/s1. The molecule has 4 rings (SSSR count). The van der Waals surface area contributed by atoms with Crippen molar-refractivity contribution in [3.8, 4) is 17.0 Å². The van der Waals surface area contributed by atoms with Gasteiger partial charge in [-0.05, 0) is 42.2 Å². The van der Waals surface area contributed by atoms with Gasteiger partial charge in [0.25, 0.3) is 5.91 Å². The van der Waals surface area contributed by atoms with Gasteiger partial charge in [-0.25, -0.2) is 22.6 Å². The van der Waals surface area contributed by atoms with Gasteiger partial charge in [-0.2, -0.15) is 0 Å². The molecular weight excluding hydrogens is 563 g/mol. The van der Waals surface area contributed by atoms with Crippen LogP contribution in [0.4, 0.5) is 9.18 Å². The van der Waals surface area contributed by atoms with E-state index < -0.39 is 27.3 Å². The zero-order valence-electron chi connectivity index (χ0n) is 22.2. The molecular formula is C26H30ClFN6O5S. The second-order valence-electron chi connectivity index (χ2n) is 9.67. The molecule has 2 heterocycles. The van der Waals surface area contributed by atoms with Crippen LogP contribution in [0.1, 0.15) is 22.3 Å². The average Bonchev–Trinajstić information content (AvgIpc) is 3.57. The topological polar surface area (TPSA) is 126 Å². The predicted octanol–water partition coefficient (Wildman–Crippen LogP) is 3.03. The van der Waals surface area contributed by atoms with Crippen LogP contribution in [-0.2, 0) is 23.6 Å². The number of likely N-dealkylation sites (tertiary alicyclic amines) is 1. The van der Waals surface area contributed by atoms with Crippen LogP contribution >= 0.6 is 11.6 Å². The van der Waals surface area contributed by atoms with Crippen molar-refractivity contribution in [1.82, 2.24) is 29.6 Å². The molecule has 1 atom stereocenters. The molecule has 1 fully saturated rings. The molecule has 0 spiro atoms. The maximum Gasteiger partial charge on any atom is 0.320 e. The Kier molecular flexibility index (Phi) is 8.96. The molecule has 0 saturated carbocycles. The lowest BCUT2D eigenvalue weighted by molar-refractivity contribution is 0.0941. The zero-order valence-corrected chi connectivity index (χ0v) is 23.8. The van der Waals surface area contributed by atoms with Crippen molar-refractivity contribution in [3.63, 3.8) is 0 Å². The number of aryl methyl sites for hydroxylation is 1. The highest BCUT2D eigenvalue weighted by molar-refractivity contribution is 7.89. The Hall–Kier alpha value is -3.68. The minimum atomic E-state index is -3.99. The second-order valence-corrected chi connectivity index (χ2v) is 11.8. The van der Waals surface area contributed by atoms with Crippen LogP contribution in [0.5, 0.6) is 5.75 Å². The van der Waals surface area contributed by atoms with Gasteiger partial charge < -0.3 is 19.1 Å². The van der Waals surface area contributed by atoms with Crippen LogP contribution in [0.3, 0.4) is 0 Å². The average molecular weight is 593 g/mol. The Morgan fingerprint density at radius 3 is 2.62 bits per heavy atom. The van der Waals surface area contributed by atoms with Crippen LogP contribution in [-0.4, -0.2) is 72.7 Å². The van der Waals surface area contributed by atoms with Crippen LogP contribution in [0.2, 0.25) is 5.02 Å². The van der Waals surface area contributed by atoms with Gasteiger partial charge in [-0.3, -0.25) is 10.2 Å². The lowest BCUT2D eigenvalue weighted by Gasteiger charge is -2.25. The summed E-state index contributed by atoms with van der Waals surface area (Å²) >= 11 is 5.97. The minimum Gasteiger partial charge on any atom is -0.497 e. The monoisotopic (exact) mass is 592 g/mol. The zero-order chi connectivity index (χ0) is 29.0. The molecule has 1 aromatic heterocycles. The van der Waals surface area contributed by atoms with E-state index in [1.54, 1.807) is 41.8 Å². The molecule has 0 bridgehead atoms. The Morgan fingerprint density at radius 1 is 1.25 bits per heavy atom. The number of methoxy groups -OCH3 is 1. The summed E-state index contributed by atoms with van der Waals surface area (Å²) in [6, 6.07) is 9.75. The number of carbonyl (C=O) groups excluding carboxylic acids is 2. The number of hydrogen-bond donors (Lipinski definition) is 2. The second kappa shape index (κ2) is 12.2. The van der Waals surface area contributed by atoms with Crippen molar-refractivity contribution in [1.29, 1.82) is 0 Å². The molecule has 40 heavy (non-hydrogen) atoms. The van der Waals surface area contributed by atoms with Crippen LogP contribution in [0.15, 0.2) is 48.9 Å². The lowest BCUT2D eigenvalue weighted by atomic mass is 10.1. The first kappa shape index (κ1) is 29.3. The molecule has 3 amide bonds. The first-order valence-electron chi connectivity index (χ1n) is 12.4. The Morgan fingerprint density at radius 2 is 1.98 bits per heavy atom. The highest BCUT2D eigenvalue weighted by atomic mass is 35.5. The third-order valence-electron chi connectivity index (χ3n) is 6.51. The number of sulfonamides is 1. The van der Waals surface area contributed by atoms with Crippen molar-refractivity contribution in [2.24, 2.45) is 13.0 Å². The largest absolute Gasteiger partial charge is 0.497 e. The summed E-state index contributed by atoms with van der Waals surface area (Å²) in [7, 11) is 1.03. The number of aromatic nitrogens is 2. The van der Waals surface area contributed by atoms with Gasteiger partial charge >= 0.3 is 6.03 Å². The van der Waals surface area contributed by atoms with Crippen molar-refractivity contribution in [2.45, 2.75) is 13.0 Å². The fourth-order valence-corrected chi connectivity index (χ4v) is 5.91. The number of nitrogens with zero attached hydrogens (tertiary/aromatic N) is 4. The Labute approximate surface area is 236 Å². The molecule has 0 unspecified atom stereocenters. The summed E-state index contributed by atoms with van der Waals surface area (Å²) in [6.07, 6.45) is 3.69. The molecule has 11 nitrogen and oxygen atoms in total. The molecule has 3 aromatic rings. The number of nitrogens with one attached hydrogen (secondary N) is 2. The summed E-state index contributed by atoms with van der Waals surface area (Å²) in [5.41, 5.74) is 3.41. The number of rotatable bonds is 9. The maximum atomic E-state index is 14.6. The molecule has 0 radical (unpaired) electrons.